The van der Waals surface area contributed by atoms with Crippen molar-refractivity contribution >= 4 is 45.8 Å². The number of rotatable bonds is 1. The van der Waals surface area contributed by atoms with Crippen molar-refractivity contribution in [2.75, 3.05) is 26.2 Å². The Morgan fingerprint density at radius 1 is 1.32 bits per heavy atom. The standard InChI is InChI=1S/C13H14BrClN2O.ClH/c14-10-1-2-11(12(15)3-10)13(18)17-6-8-4-16-5-9(8)7-17;/h1-3,8-9,16H,4-7H2;1H/t8-,9+;. The molecule has 104 valence electrons. The molecule has 6 heteroatoms. The van der Waals surface area contributed by atoms with Gasteiger partial charge in [0.25, 0.3) is 5.91 Å². The molecule has 1 N–H and O–H groups in total. The summed E-state index contributed by atoms with van der Waals surface area (Å²) in [5, 5.41) is 3.89. The normalized spacial score (nSPS) is 25.1. The predicted octanol–water partition coefficient (Wildman–Crippen LogP) is 2.82. The van der Waals surface area contributed by atoms with Crippen molar-refractivity contribution < 1.29 is 4.79 Å². The SMILES string of the molecule is Cl.O=C(c1ccc(Br)cc1Cl)N1C[C@H]2CNC[C@H]2C1. The van der Waals surface area contributed by atoms with Gasteiger partial charge in [-0.05, 0) is 30.0 Å². The van der Waals surface area contributed by atoms with Crippen LogP contribution in [0.2, 0.25) is 5.02 Å². The summed E-state index contributed by atoms with van der Waals surface area (Å²) in [4.78, 5) is 14.4. The lowest BCUT2D eigenvalue weighted by atomic mass is 10.0. The fourth-order valence-corrected chi connectivity index (χ4v) is 3.61. The van der Waals surface area contributed by atoms with E-state index in [1.165, 1.54) is 0 Å². The van der Waals surface area contributed by atoms with Gasteiger partial charge in [0.15, 0.2) is 0 Å². The monoisotopic (exact) mass is 364 g/mol. The summed E-state index contributed by atoms with van der Waals surface area (Å²) < 4.78 is 0.895. The molecule has 1 amide bonds. The van der Waals surface area contributed by atoms with Crippen molar-refractivity contribution in [3.63, 3.8) is 0 Å². The minimum Gasteiger partial charge on any atom is -0.338 e. The van der Waals surface area contributed by atoms with Crippen molar-refractivity contribution in [1.82, 2.24) is 10.2 Å². The molecule has 2 aliphatic heterocycles. The minimum absolute atomic E-state index is 0. The van der Waals surface area contributed by atoms with Crippen LogP contribution in [0.25, 0.3) is 0 Å². The second-order valence-corrected chi connectivity index (χ2v) is 6.34. The maximum Gasteiger partial charge on any atom is 0.255 e. The Morgan fingerprint density at radius 3 is 2.53 bits per heavy atom. The summed E-state index contributed by atoms with van der Waals surface area (Å²) in [5.74, 6) is 1.29. The van der Waals surface area contributed by atoms with E-state index >= 15 is 0 Å². The molecule has 3 nitrogen and oxygen atoms in total. The van der Waals surface area contributed by atoms with Crippen LogP contribution in [0.4, 0.5) is 0 Å². The van der Waals surface area contributed by atoms with Crippen LogP contribution in [0, 0.1) is 11.8 Å². The van der Waals surface area contributed by atoms with Crippen LogP contribution in [-0.4, -0.2) is 37.0 Å². The third-order valence-corrected chi connectivity index (χ3v) is 4.64. The molecule has 2 fully saturated rings. The average molecular weight is 366 g/mol. The maximum atomic E-state index is 12.4. The van der Waals surface area contributed by atoms with Gasteiger partial charge in [0.05, 0.1) is 10.6 Å². The van der Waals surface area contributed by atoms with Crippen molar-refractivity contribution in [2.45, 2.75) is 0 Å². The number of nitrogens with one attached hydrogen (secondary N) is 1. The molecule has 3 rings (SSSR count). The third kappa shape index (κ3) is 2.92. The number of hydrogen-bond acceptors (Lipinski definition) is 2. The molecule has 0 aliphatic carbocycles. The first-order chi connectivity index (χ1) is 8.65. The second kappa shape index (κ2) is 6.00. The molecule has 2 heterocycles. The fraction of sp³-hybridized carbons (Fsp3) is 0.462. The second-order valence-electron chi connectivity index (χ2n) is 5.01. The fourth-order valence-electron chi connectivity index (χ4n) is 2.85. The number of fused-ring (bicyclic) bond motifs is 1. The molecule has 0 spiro atoms. The van der Waals surface area contributed by atoms with Crippen LogP contribution in [0.3, 0.4) is 0 Å². The quantitative estimate of drug-likeness (QED) is 0.829. The number of hydrogen-bond donors (Lipinski definition) is 1. The molecule has 0 unspecified atom stereocenters. The van der Waals surface area contributed by atoms with E-state index in [1.807, 2.05) is 11.0 Å². The van der Waals surface area contributed by atoms with Gasteiger partial charge in [-0.15, -0.1) is 12.4 Å². The van der Waals surface area contributed by atoms with Crippen molar-refractivity contribution in [1.29, 1.82) is 0 Å². The Balaban J connectivity index is 0.00000133. The van der Waals surface area contributed by atoms with Gasteiger partial charge < -0.3 is 10.2 Å². The predicted molar refractivity (Wildman–Crippen MR) is 82.2 cm³/mol. The first-order valence-electron chi connectivity index (χ1n) is 6.10. The van der Waals surface area contributed by atoms with Crippen molar-refractivity contribution in [3.8, 4) is 0 Å². The molecule has 19 heavy (non-hydrogen) atoms. The molecule has 2 aliphatic rings. The number of halogens is 3. The van der Waals surface area contributed by atoms with Gasteiger partial charge in [-0.2, -0.15) is 0 Å². The van der Waals surface area contributed by atoms with E-state index in [4.69, 9.17) is 11.6 Å². The van der Waals surface area contributed by atoms with E-state index < -0.39 is 0 Å². The van der Waals surface area contributed by atoms with Crippen LogP contribution in [0.15, 0.2) is 22.7 Å². The molecular formula is C13H15BrCl2N2O. The molecule has 0 aromatic heterocycles. The van der Waals surface area contributed by atoms with E-state index in [0.717, 1.165) is 30.7 Å². The molecule has 1 aromatic rings. The summed E-state index contributed by atoms with van der Waals surface area (Å²) in [6, 6.07) is 5.42. The zero-order valence-corrected chi connectivity index (χ0v) is 13.4. The molecular weight excluding hydrogens is 351 g/mol. The zero-order valence-electron chi connectivity index (χ0n) is 10.2. The minimum atomic E-state index is 0. The molecule has 1 aromatic carbocycles. The molecule has 2 atom stereocenters. The maximum absolute atomic E-state index is 12.4. The number of carbonyl (C=O) groups is 1. The van der Waals surface area contributed by atoms with E-state index in [9.17, 15) is 4.79 Å². The van der Waals surface area contributed by atoms with Crippen LogP contribution >= 0.6 is 39.9 Å². The molecule has 0 bridgehead atoms. The van der Waals surface area contributed by atoms with Crippen molar-refractivity contribution in [3.05, 3.63) is 33.3 Å². The summed E-state index contributed by atoms with van der Waals surface area (Å²) in [6.07, 6.45) is 0. The average Bonchev–Trinajstić information content (AvgIpc) is 2.87. The van der Waals surface area contributed by atoms with Crippen molar-refractivity contribution in [2.24, 2.45) is 11.8 Å². The zero-order chi connectivity index (χ0) is 12.7. The Kier molecular flexibility index (Phi) is 4.77. The molecule has 0 radical (unpaired) electrons. The van der Waals surface area contributed by atoms with Gasteiger partial charge in [0, 0.05) is 30.7 Å². The summed E-state index contributed by atoms with van der Waals surface area (Å²) >= 11 is 9.48. The Labute approximate surface area is 132 Å². The highest BCUT2D eigenvalue weighted by Crippen LogP contribution is 2.29. The number of likely N-dealkylation sites (tertiary alicyclic amines) is 1. The van der Waals surface area contributed by atoms with Gasteiger partial charge in [0.2, 0.25) is 0 Å². The highest BCUT2D eigenvalue weighted by atomic mass is 79.9. The van der Waals surface area contributed by atoms with Crippen LogP contribution < -0.4 is 5.32 Å². The Hall–Kier alpha value is -0.290. The third-order valence-electron chi connectivity index (χ3n) is 3.84. The molecule has 2 saturated heterocycles. The molecule has 0 saturated carbocycles. The lowest BCUT2D eigenvalue weighted by Crippen LogP contribution is -2.32. The largest absolute Gasteiger partial charge is 0.338 e. The van der Waals surface area contributed by atoms with Gasteiger partial charge in [-0.3, -0.25) is 4.79 Å². The summed E-state index contributed by atoms with van der Waals surface area (Å²) in [7, 11) is 0. The smallest absolute Gasteiger partial charge is 0.255 e. The first kappa shape index (κ1) is 15.1. The first-order valence-corrected chi connectivity index (χ1v) is 7.27. The Bertz CT molecular complexity index is 486. The number of benzene rings is 1. The van der Waals surface area contributed by atoms with E-state index in [-0.39, 0.29) is 18.3 Å². The number of amides is 1. The number of nitrogens with zero attached hydrogens (tertiary/aromatic N) is 1. The van der Waals surface area contributed by atoms with E-state index in [0.29, 0.717) is 22.4 Å². The highest BCUT2D eigenvalue weighted by molar-refractivity contribution is 9.10. The van der Waals surface area contributed by atoms with Gasteiger partial charge in [-0.25, -0.2) is 0 Å². The topological polar surface area (TPSA) is 32.3 Å². The van der Waals surface area contributed by atoms with Crippen LogP contribution in [-0.2, 0) is 0 Å². The van der Waals surface area contributed by atoms with Gasteiger partial charge in [0.1, 0.15) is 0 Å². The van der Waals surface area contributed by atoms with Crippen LogP contribution in [0.1, 0.15) is 10.4 Å². The highest BCUT2D eigenvalue weighted by Gasteiger charge is 2.38. The van der Waals surface area contributed by atoms with Crippen LogP contribution in [0.5, 0.6) is 0 Å². The van der Waals surface area contributed by atoms with E-state index in [2.05, 4.69) is 21.2 Å². The lowest BCUT2D eigenvalue weighted by Gasteiger charge is -2.18. The number of carbonyl (C=O) groups excluding carboxylic acids is 1. The summed E-state index contributed by atoms with van der Waals surface area (Å²) in [6.45, 7) is 3.76. The van der Waals surface area contributed by atoms with Gasteiger partial charge in [-0.1, -0.05) is 27.5 Å². The Morgan fingerprint density at radius 2 is 1.95 bits per heavy atom. The van der Waals surface area contributed by atoms with E-state index in [1.54, 1.807) is 12.1 Å². The summed E-state index contributed by atoms with van der Waals surface area (Å²) in [5.41, 5.74) is 0.604. The van der Waals surface area contributed by atoms with Gasteiger partial charge >= 0.3 is 0 Å². The lowest BCUT2D eigenvalue weighted by molar-refractivity contribution is 0.0782.